The minimum absolute atomic E-state index is 0.0358. The number of carboxylic acid groups (broad SMARTS) is 1. The van der Waals surface area contributed by atoms with Gasteiger partial charge in [0.2, 0.25) is 0 Å². The highest BCUT2D eigenvalue weighted by Gasteiger charge is 2.00. The lowest BCUT2D eigenvalue weighted by atomic mass is 10.1. The minimum atomic E-state index is -0.731. The van der Waals surface area contributed by atoms with Gasteiger partial charge in [-0.25, -0.2) is 0 Å². The van der Waals surface area contributed by atoms with Crippen molar-refractivity contribution in [2.75, 3.05) is 11.9 Å². The molecule has 0 amide bonds. The number of anilines is 1. The van der Waals surface area contributed by atoms with Crippen LogP contribution in [0.5, 0.6) is 0 Å². The van der Waals surface area contributed by atoms with Crippen molar-refractivity contribution in [1.82, 2.24) is 0 Å². The number of nitrogens with one attached hydrogen (secondary N) is 1. The smallest absolute Gasteiger partial charge is 0.303 e. The van der Waals surface area contributed by atoms with Gasteiger partial charge in [-0.05, 0) is 36.1 Å². The van der Waals surface area contributed by atoms with Crippen molar-refractivity contribution < 1.29 is 15.0 Å². The quantitative estimate of drug-likeness (QED) is 0.481. The summed E-state index contributed by atoms with van der Waals surface area (Å²) in [5, 5.41) is 21.8. The first-order valence-electron chi connectivity index (χ1n) is 6.41. The number of hydrogen-bond donors (Lipinski definition) is 3. The molecule has 0 fully saturated rings. The number of halogens is 1. The molecule has 0 bridgehead atoms. The molecule has 0 aliphatic rings. The molecule has 0 radical (unpaired) electrons. The third-order valence-electron chi connectivity index (χ3n) is 2.79. The largest absolute Gasteiger partial charge is 0.481 e. The van der Waals surface area contributed by atoms with Gasteiger partial charge in [-0.15, -0.1) is 0 Å². The van der Waals surface area contributed by atoms with Gasteiger partial charge in [0.05, 0.1) is 6.61 Å². The van der Waals surface area contributed by atoms with Gasteiger partial charge < -0.3 is 15.5 Å². The number of aliphatic hydroxyl groups excluding tert-OH is 1. The normalized spacial score (nSPS) is 10.4. The van der Waals surface area contributed by atoms with Crippen LogP contribution in [0.25, 0.3) is 0 Å². The van der Waals surface area contributed by atoms with Crippen LogP contribution < -0.4 is 5.32 Å². The Morgan fingerprint density at radius 1 is 1.16 bits per heavy atom. The summed E-state index contributed by atoms with van der Waals surface area (Å²) in [6.07, 6.45) is 2.82. The van der Waals surface area contributed by atoms with Gasteiger partial charge in [0.1, 0.15) is 0 Å². The second-order valence-electron chi connectivity index (χ2n) is 4.46. The first kappa shape index (κ1) is 16.0. The molecule has 0 atom stereocenters. The molecule has 1 aromatic carbocycles. The number of hydrogen-bond acceptors (Lipinski definition) is 3. The highest BCUT2D eigenvalue weighted by Crippen LogP contribution is 2.17. The van der Waals surface area contributed by atoms with Crippen molar-refractivity contribution in [1.29, 1.82) is 0 Å². The van der Waals surface area contributed by atoms with E-state index in [1.165, 1.54) is 0 Å². The molecular weight excluding hydrogens is 310 g/mol. The van der Waals surface area contributed by atoms with Gasteiger partial charge in [-0.2, -0.15) is 0 Å². The van der Waals surface area contributed by atoms with Gasteiger partial charge in [0.25, 0.3) is 0 Å². The van der Waals surface area contributed by atoms with E-state index in [0.717, 1.165) is 48.0 Å². The van der Waals surface area contributed by atoms with Crippen LogP contribution in [-0.4, -0.2) is 22.7 Å². The Bertz CT molecular complexity index is 387. The summed E-state index contributed by atoms with van der Waals surface area (Å²) in [6, 6.07) is 5.95. The van der Waals surface area contributed by atoms with Crippen LogP contribution in [0.2, 0.25) is 0 Å². The van der Waals surface area contributed by atoms with Crippen LogP contribution in [-0.2, 0) is 16.7 Å². The Morgan fingerprint density at radius 3 is 2.53 bits per heavy atom. The van der Waals surface area contributed by atoms with E-state index in [1.807, 2.05) is 18.2 Å². The molecule has 0 aliphatic heterocycles. The van der Waals surface area contributed by atoms with Gasteiger partial charge in [0.15, 0.2) is 0 Å². The van der Waals surface area contributed by atoms with Crippen LogP contribution in [0.3, 0.4) is 0 Å². The number of alkyl halides is 1. The fourth-order valence-electron chi connectivity index (χ4n) is 1.84. The zero-order valence-electron chi connectivity index (χ0n) is 10.9. The summed E-state index contributed by atoms with van der Waals surface area (Å²) in [5.74, 6) is -0.731. The molecule has 1 aromatic rings. The number of aliphatic hydroxyl groups is 1. The number of carbonyl (C=O) groups is 1. The predicted molar refractivity (Wildman–Crippen MR) is 79.6 cm³/mol. The Balaban J connectivity index is 2.34. The van der Waals surface area contributed by atoms with Gasteiger partial charge >= 0.3 is 5.97 Å². The van der Waals surface area contributed by atoms with Crippen molar-refractivity contribution in [2.24, 2.45) is 0 Å². The highest BCUT2D eigenvalue weighted by molar-refractivity contribution is 9.08. The van der Waals surface area contributed by atoms with E-state index in [2.05, 4.69) is 21.2 Å². The number of rotatable bonds is 9. The molecule has 4 nitrogen and oxygen atoms in total. The second-order valence-corrected chi connectivity index (χ2v) is 5.02. The van der Waals surface area contributed by atoms with Crippen molar-refractivity contribution in [3.05, 3.63) is 29.3 Å². The van der Waals surface area contributed by atoms with Gasteiger partial charge in [-0.1, -0.05) is 28.4 Å². The molecule has 0 saturated heterocycles. The van der Waals surface area contributed by atoms with Crippen LogP contribution in [0.4, 0.5) is 5.69 Å². The van der Waals surface area contributed by atoms with Crippen molar-refractivity contribution in [3.8, 4) is 0 Å². The number of benzene rings is 1. The molecule has 0 saturated carbocycles. The highest BCUT2D eigenvalue weighted by atomic mass is 79.9. The Labute approximate surface area is 122 Å². The lowest BCUT2D eigenvalue weighted by molar-refractivity contribution is -0.137. The summed E-state index contributed by atoms with van der Waals surface area (Å²) in [7, 11) is 0. The molecule has 0 aromatic heterocycles. The molecule has 3 N–H and O–H groups in total. The van der Waals surface area contributed by atoms with E-state index in [-0.39, 0.29) is 13.0 Å². The van der Waals surface area contributed by atoms with Crippen LogP contribution in [0.15, 0.2) is 18.2 Å². The van der Waals surface area contributed by atoms with E-state index in [0.29, 0.717) is 0 Å². The standard InChI is InChI=1S/C14H20BrNO3/c15-9-11-6-12(10-17)8-13(7-11)16-5-3-1-2-4-14(18)19/h6-8,16-17H,1-5,9-10H2,(H,18,19). The molecule has 0 aliphatic carbocycles. The molecule has 0 heterocycles. The number of unbranched alkanes of at least 4 members (excludes halogenated alkanes) is 2. The third-order valence-corrected chi connectivity index (χ3v) is 3.43. The Hall–Kier alpha value is -1.07. The molecule has 106 valence electrons. The first-order chi connectivity index (χ1) is 9.15. The second kappa shape index (κ2) is 8.93. The average molecular weight is 330 g/mol. The zero-order chi connectivity index (χ0) is 14.1. The minimum Gasteiger partial charge on any atom is -0.481 e. The molecule has 5 heteroatoms. The SMILES string of the molecule is O=C(O)CCCCCNc1cc(CO)cc(CBr)c1. The summed E-state index contributed by atoms with van der Waals surface area (Å²) in [5.41, 5.74) is 3.02. The maximum absolute atomic E-state index is 10.4. The summed E-state index contributed by atoms with van der Waals surface area (Å²) >= 11 is 3.41. The Morgan fingerprint density at radius 2 is 1.89 bits per heavy atom. The molecule has 1 rings (SSSR count). The first-order valence-corrected chi connectivity index (χ1v) is 7.53. The van der Waals surface area contributed by atoms with E-state index < -0.39 is 5.97 Å². The number of carboxylic acids is 1. The van der Waals surface area contributed by atoms with Crippen LogP contribution in [0, 0.1) is 0 Å². The van der Waals surface area contributed by atoms with Gasteiger partial charge in [-0.3, -0.25) is 4.79 Å². The van der Waals surface area contributed by atoms with Crippen molar-refractivity contribution in [2.45, 2.75) is 37.6 Å². The van der Waals surface area contributed by atoms with Crippen molar-refractivity contribution in [3.63, 3.8) is 0 Å². The monoisotopic (exact) mass is 329 g/mol. The topological polar surface area (TPSA) is 69.6 Å². The third kappa shape index (κ3) is 6.59. The fourth-order valence-corrected chi connectivity index (χ4v) is 2.17. The van der Waals surface area contributed by atoms with E-state index in [9.17, 15) is 9.90 Å². The van der Waals surface area contributed by atoms with E-state index in [1.54, 1.807) is 0 Å². The zero-order valence-corrected chi connectivity index (χ0v) is 12.4. The van der Waals surface area contributed by atoms with Gasteiger partial charge in [0, 0.05) is 24.0 Å². The van der Waals surface area contributed by atoms with E-state index >= 15 is 0 Å². The maximum Gasteiger partial charge on any atom is 0.303 e. The molecule has 0 spiro atoms. The number of aliphatic carboxylic acids is 1. The average Bonchev–Trinajstić information content (AvgIpc) is 2.41. The van der Waals surface area contributed by atoms with Crippen LogP contribution >= 0.6 is 15.9 Å². The summed E-state index contributed by atoms with van der Waals surface area (Å²) in [4.78, 5) is 10.4. The molecular formula is C14H20BrNO3. The predicted octanol–water partition coefficient (Wildman–Crippen LogP) is 3.13. The fraction of sp³-hybridized carbons (Fsp3) is 0.500. The lowest BCUT2D eigenvalue weighted by Gasteiger charge is -2.09. The van der Waals surface area contributed by atoms with Crippen LogP contribution in [0.1, 0.15) is 36.8 Å². The summed E-state index contributed by atoms with van der Waals surface area (Å²) < 4.78 is 0. The molecule has 0 unspecified atom stereocenters. The lowest BCUT2D eigenvalue weighted by Crippen LogP contribution is -2.03. The summed E-state index contributed by atoms with van der Waals surface area (Å²) in [6.45, 7) is 0.852. The molecule has 19 heavy (non-hydrogen) atoms. The maximum atomic E-state index is 10.4. The van der Waals surface area contributed by atoms with Crippen molar-refractivity contribution >= 4 is 27.6 Å². The van der Waals surface area contributed by atoms with E-state index in [4.69, 9.17) is 5.11 Å². The Kier molecular flexibility index (Phi) is 7.52.